The van der Waals surface area contributed by atoms with E-state index in [9.17, 15) is 23.2 Å². The minimum absolute atomic E-state index is 0.0787. The van der Waals surface area contributed by atoms with Gasteiger partial charge in [-0.25, -0.2) is 8.78 Å². The van der Waals surface area contributed by atoms with Crippen molar-refractivity contribution in [1.29, 1.82) is 0 Å². The number of benzene rings is 4. The molecule has 42 heavy (non-hydrogen) atoms. The normalized spacial score (nSPS) is 11.9. The summed E-state index contributed by atoms with van der Waals surface area (Å²) in [6, 6.07) is 25.4. The molecule has 0 saturated heterocycles. The molecule has 214 valence electrons. The van der Waals surface area contributed by atoms with Crippen molar-refractivity contribution in [2.45, 2.75) is 23.5 Å². The summed E-state index contributed by atoms with van der Waals surface area (Å²) in [6.07, 6.45) is 1.73. The summed E-state index contributed by atoms with van der Waals surface area (Å²) in [7, 11) is 0. The van der Waals surface area contributed by atoms with E-state index in [0.29, 0.717) is 27.0 Å². The van der Waals surface area contributed by atoms with E-state index in [2.05, 4.69) is 31.9 Å². The van der Waals surface area contributed by atoms with Crippen LogP contribution >= 0.6 is 27.7 Å². The Bertz CT molecular complexity index is 1630. The molecule has 4 aromatic carbocycles. The van der Waals surface area contributed by atoms with Crippen LogP contribution in [0, 0.1) is 11.6 Å². The van der Waals surface area contributed by atoms with Crippen molar-refractivity contribution in [3.8, 4) is 0 Å². The predicted octanol–water partition coefficient (Wildman–Crippen LogP) is 7.65. The number of carbonyl (C=O) groups is 3. The van der Waals surface area contributed by atoms with Crippen molar-refractivity contribution in [3.05, 3.63) is 130 Å². The van der Waals surface area contributed by atoms with E-state index in [0.717, 1.165) is 0 Å². The third-order valence-corrected chi connectivity index (χ3v) is 7.81. The first-order valence-corrected chi connectivity index (χ1v) is 14.6. The highest BCUT2D eigenvalue weighted by Gasteiger charge is 2.20. The van der Waals surface area contributed by atoms with Gasteiger partial charge in [-0.3, -0.25) is 14.4 Å². The van der Waals surface area contributed by atoms with E-state index >= 15 is 0 Å². The maximum atomic E-state index is 14.4. The molecule has 6 nitrogen and oxygen atoms in total. The molecule has 0 radical (unpaired) electrons. The van der Waals surface area contributed by atoms with Gasteiger partial charge >= 0.3 is 0 Å². The molecule has 0 aromatic heterocycles. The number of thioether (sulfide) groups is 1. The van der Waals surface area contributed by atoms with Gasteiger partial charge in [-0.1, -0.05) is 65.3 Å². The van der Waals surface area contributed by atoms with Crippen molar-refractivity contribution in [2.24, 2.45) is 0 Å². The Labute approximate surface area is 254 Å². The summed E-state index contributed by atoms with van der Waals surface area (Å²) in [4.78, 5) is 39.7. The van der Waals surface area contributed by atoms with Gasteiger partial charge in [-0.15, -0.1) is 11.8 Å². The molecule has 1 atom stereocenters. The minimum atomic E-state index is -0.666. The molecule has 0 saturated carbocycles. The molecule has 0 spiro atoms. The van der Waals surface area contributed by atoms with E-state index in [1.54, 1.807) is 66.7 Å². The van der Waals surface area contributed by atoms with Gasteiger partial charge in [0, 0.05) is 26.2 Å². The number of carbonyl (C=O) groups excluding carboxylic acids is 3. The highest BCUT2D eigenvalue weighted by Crippen LogP contribution is 2.29. The summed E-state index contributed by atoms with van der Waals surface area (Å²) in [5.41, 5.74) is 0.770. The zero-order chi connectivity index (χ0) is 30.1. The molecule has 3 N–H and O–H groups in total. The molecule has 4 aromatic rings. The Morgan fingerprint density at radius 1 is 0.857 bits per heavy atom. The van der Waals surface area contributed by atoms with Crippen molar-refractivity contribution in [3.63, 3.8) is 0 Å². The summed E-state index contributed by atoms with van der Waals surface area (Å²) < 4.78 is 29.2. The van der Waals surface area contributed by atoms with Gasteiger partial charge in [-0.05, 0) is 67.1 Å². The lowest BCUT2D eigenvalue weighted by Crippen LogP contribution is -2.30. The van der Waals surface area contributed by atoms with E-state index in [4.69, 9.17) is 0 Å². The van der Waals surface area contributed by atoms with Gasteiger partial charge < -0.3 is 16.0 Å². The summed E-state index contributed by atoms with van der Waals surface area (Å²) in [5, 5.41) is 7.41. The molecule has 4 rings (SSSR count). The molecule has 0 fully saturated rings. The highest BCUT2D eigenvalue weighted by molar-refractivity contribution is 9.10. The smallest absolute Gasteiger partial charge is 0.272 e. The Balaban J connectivity index is 1.51. The minimum Gasteiger partial charge on any atom is -0.323 e. The van der Waals surface area contributed by atoms with Gasteiger partial charge in [0.05, 0.1) is 10.9 Å². The Hall–Kier alpha value is -4.28. The first-order chi connectivity index (χ1) is 20.2. The average Bonchev–Trinajstić information content (AvgIpc) is 2.98. The van der Waals surface area contributed by atoms with Gasteiger partial charge in [0.15, 0.2) is 0 Å². The third kappa shape index (κ3) is 8.37. The second-order valence-corrected chi connectivity index (χ2v) is 11.2. The number of amides is 3. The number of nitrogens with one attached hydrogen (secondary N) is 3. The SMILES string of the molecule is CCC(Sc1cccc(NC(=O)/C(=C/c2ccccc2F)NC(=O)c2ccccc2)c1)C(=O)Nc1ccc(Br)cc1F. The van der Waals surface area contributed by atoms with Crippen molar-refractivity contribution < 1.29 is 23.2 Å². The standard InChI is InChI=1S/C32H26BrF2N3O3S/c1-2-29(32(41)37-27-16-15-22(33)18-26(27)35)42-24-13-8-12-23(19-24)36-31(40)28(17-21-11-6-7-14-25(21)34)38-30(39)20-9-4-3-5-10-20/h3-19,29H,2H2,1H3,(H,36,40)(H,37,41)(H,38,39)/b28-17-. The van der Waals surface area contributed by atoms with Crippen LogP contribution in [0.15, 0.2) is 112 Å². The van der Waals surface area contributed by atoms with Gasteiger partial charge in [0.1, 0.15) is 17.3 Å². The summed E-state index contributed by atoms with van der Waals surface area (Å²) in [6.45, 7) is 1.84. The van der Waals surface area contributed by atoms with Crippen LogP contribution in [0.2, 0.25) is 0 Å². The first-order valence-electron chi connectivity index (χ1n) is 12.9. The van der Waals surface area contributed by atoms with E-state index in [1.165, 1.54) is 48.2 Å². The van der Waals surface area contributed by atoms with Crippen LogP contribution in [0.25, 0.3) is 6.08 Å². The monoisotopic (exact) mass is 649 g/mol. The number of hydrogen-bond acceptors (Lipinski definition) is 4. The fourth-order valence-corrected chi connectivity index (χ4v) is 5.17. The van der Waals surface area contributed by atoms with E-state index < -0.39 is 28.7 Å². The van der Waals surface area contributed by atoms with Gasteiger partial charge in [0.2, 0.25) is 5.91 Å². The molecule has 10 heteroatoms. The fraction of sp³-hybridized carbons (Fsp3) is 0.0938. The highest BCUT2D eigenvalue weighted by atomic mass is 79.9. The maximum Gasteiger partial charge on any atom is 0.272 e. The van der Waals surface area contributed by atoms with E-state index in [1.807, 2.05) is 6.92 Å². The Kier molecular flexibility index (Phi) is 10.6. The van der Waals surface area contributed by atoms with Crippen molar-refractivity contribution in [1.82, 2.24) is 5.32 Å². The Morgan fingerprint density at radius 2 is 1.60 bits per heavy atom. The second kappa shape index (κ2) is 14.6. The molecule has 0 aliphatic carbocycles. The third-order valence-electron chi connectivity index (χ3n) is 5.96. The predicted molar refractivity (Wildman–Crippen MR) is 166 cm³/mol. The zero-order valence-corrected chi connectivity index (χ0v) is 24.8. The average molecular weight is 651 g/mol. The molecular formula is C32H26BrF2N3O3S. The summed E-state index contributed by atoms with van der Waals surface area (Å²) >= 11 is 4.45. The lowest BCUT2D eigenvalue weighted by molar-refractivity contribution is -0.116. The van der Waals surface area contributed by atoms with Crippen LogP contribution in [0.5, 0.6) is 0 Å². The molecule has 3 amide bonds. The number of halogens is 3. The molecule has 0 bridgehead atoms. The molecule has 1 unspecified atom stereocenters. The first kappa shape index (κ1) is 30.7. The fourth-order valence-electron chi connectivity index (χ4n) is 3.83. The van der Waals surface area contributed by atoms with Crippen LogP contribution in [0.1, 0.15) is 29.3 Å². The second-order valence-electron chi connectivity index (χ2n) is 9.01. The lowest BCUT2D eigenvalue weighted by Gasteiger charge is -2.16. The van der Waals surface area contributed by atoms with Gasteiger partial charge in [-0.2, -0.15) is 0 Å². The quantitative estimate of drug-likeness (QED) is 0.122. The topological polar surface area (TPSA) is 87.3 Å². The molecule has 0 aliphatic rings. The van der Waals surface area contributed by atoms with Gasteiger partial charge in [0.25, 0.3) is 11.8 Å². The number of anilines is 2. The molecule has 0 heterocycles. The molecular weight excluding hydrogens is 624 g/mol. The maximum absolute atomic E-state index is 14.4. The molecule has 0 aliphatic heterocycles. The number of hydrogen-bond donors (Lipinski definition) is 3. The Morgan fingerprint density at radius 3 is 2.31 bits per heavy atom. The lowest BCUT2D eigenvalue weighted by atomic mass is 10.1. The van der Waals surface area contributed by atoms with Crippen molar-refractivity contribution >= 4 is 62.9 Å². The van der Waals surface area contributed by atoms with Crippen LogP contribution in [0.4, 0.5) is 20.2 Å². The zero-order valence-electron chi connectivity index (χ0n) is 22.4. The van der Waals surface area contributed by atoms with Crippen LogP contribution < -0.4 is 16.0 Å². The van der Waals surface area contributed by atoms with Crippen molar-refractivity contribution in [2.75, 3.05) is 10.6 Å². The largest absolute Gasteiger partial charge is 0.323 e. The van der Waals surface area contributed by atoms with Crippen LogP contribution in [0.3, 0.4) is 0 Å². The van der Waals surface area contributed by atoms with Crippen LogP contribution in [-0.2, 0) is 9.59 Å². The summed E-state index contributed by atoms with van der Waals surface area (Å²) in [5.74, 6) is -2.67. The van der Waals surface area contributed by atoms with E-state index in [-0.39, 0.29) is 22.9 Å². The van der Waals surface area contributed by atoms with Crippen LogP contribution in [-0.4, -0.2) is 23.0 Å². The number of rotatable bonds is 10.